The molecule has 0 radical (unpaired) electrons. The lowest BCUT2D eigenvalue weighted by Crippen LogP contribution is -2.17. The summed E-state index contributed by atoms with van der Waals surface area (Å²) in [5.74, 6) is -1.84. The van der Waals surface area contributed by atoms with Crippen molar-refractivity contribution in [3.63, 3.8) is 0 Å². The van der Waals surface area contributed by atoms with Crippen molar-refractivity contribution in [3.8, 4) is 11.5 Å². The standard InChI is InChI=1S/C19H18N3O12PS2/c1-34-12-4-2-11(3-5-12)21-22-18-15(37(31,32)33)7-10-6-13(36(28,29)30)8-14(17(10)19(18)24)20-16(23)9-35(25,26)27/h2-8,24H,9H2,1H3,(H,20,23)(H2,25,26,27)(H,28,29,30)(H,31,32,33). The van der Waals surface area contributed by atoms with E-state index < -0.39 is 77.6 Å². The lowest BCUT2D eigenvalue weighted by molar-refractivity contribution is -0.114. The molecule has 3 aromatic rings. The minimum atomic E-state index is -5.11. The van der Waals surface area contributed by atoms with Gasteiger partial charge in [-0.1, -0.05) is 0 Å². The Morgan fingerprint density at radius 3 is 2.14 bits per heavy atom. The van der Waals surface area contributed by atoms with Crippen molar-refractivity contribution in [2.75, 3.05) is 18.6 Å². The Labute approximate surface area is 209 Å². The molecule has 3 rings (SSSR count). The molecule has 0 saturated heterocycles. The van der Waals surface area contributed by atoms with Gasteiger partial charge in [0.1, 0.15) is 22.5 Å². The van der Waals surface area contributed by atoms with Gasteiger partial charge in [-0.05, 0) is 47.9 Å². The number of phenolic OH excluding ortho intramolecular Hbond substituents is 1. The van der Waals surface area contributed by atoms with Crippen molar-refractivity contribution < 1.29 is 54.9 Å². The molecule has 0 heterocycles. The zero-order chi connectivity index (χ0) is 27.8. The number of aromatic hydroxyl groups is 1. The molecule has 15 nitrogen and oxygen atoms in total. The van der Waals surface area contributed by atoms with E-state index in [-0.39, 0.29) is 5.69 Å². The Morgan fingerprint density at radius 2 is 1.62 bits per heavy atom. The molecule has 6 N–H and O–H groups in total. The second kappa shape index (κ2) is 10.1. The molecule has 0 aliphatic carbocycles. The first-order chi connectivity index (χ1) is 17.0. The fraction of sp³-hybridized carbons (Fsp3) is 0.105. The van der Waals surface area contributed by atoms with Crippen molar-refractivity contribution in [2.45, 2.75) is 9.79 Å². The number of carbonyl (C=O) groups is 1. The Balaban J connectivity index is 2.31. The van der Waals surface area contributed by atoms with Crippen LogP contribution in [0.15, 0.2) is 62.5 Å². The predicted molar refractivity (Wildman–Crippen MR) is 128 cm³/mol. The van der Waals surface area contributed by atoms with Gasteiger partial charge in [0, 0.05) is 5.39 Å². The minimum Gasteiger partial charge on any atom is -0.505 e. The van der Waals surface area contributed by atoms with E-state index in [1.807, 2.05) is 5.32 Å². The normalized spacial score (nSPS) is 12.7. The van der Waals surface area contributed by atoms with Gasteiger partial charge in [-0.15, -0.1) is 5.11 Å². The zero-order valence-electron chi connectivity index (χ0n) is 18.5. The third kappa shape index (κ3) is 6.86. The number of benzene rings is 3. The highest BCUT2D eigenvalue weighted by Gasteiger charge is 2.27. The first-order valence-corrected chi connectivity index (χ1v) is 14.4. The highest BCUT2D eigenvalue weighted by atomic mass is 32.2. The van der Waals surface area contributed by atoms with Crippen LogP contribution in [0, 0.1) is 0 Å². The maximum absolute atomic E-state index is 12.1. The first-order valence-electron chi connectivity index (χ1n) is 9.68. The summed E-state index contributed by atoms with van der Waals surface area (Å²) in [5.41, 5.74) is -1.22. The maximum atomic E-state index is 12.1. The van der Waals surface area contributed by atoms with Crippen LogP contribution in [0.5, 0.6) is 11.5 Å². The van der Waals surface area contributed by atoms with E-state index in [0.717, 1.165) is 6.07 Å². The molecule has 0 aliphatic rings. The molecule has 0 bridgehead atoms. The van der Waals surface area contributed by atoms with E-state index in [0.29, 0.717) is 17.9 Å². The maximum Gasteiger partial charge on any atom is 0.334 e. The second-order valence-electron chi connectivity index (χ2n) is 7.36. The van der Waals surface area contributed by atoms with Gasteiger partial charge < -0.3 is 24.9 Å². The van der Waals surface area contributed by atoms with Gasteiger partial charge in [-0.3, -0.25) is 18.5 Å². The molecule has 18 heteroatoms. The highest BCUT2D eigenvalue weighted by Crippen LogP contribution is 2.45. The molecule has 0 aliphatic heterocycles. The number of hydrogen-bond acceptors (Lipinski definition) is 10. The Kier molecular flexibility index (Phi) is 7.71. The molecule has 0 unspecified atom stereocenters. The summed E-state index contributed by atoms with van der Waals surface area (Å²) in [6.07, 6.45) is -1.32. The summed E-state index contributed by atoms with van der Waals surface area (Å²) in [5, 5.41) is 19.5. The lowest BCUT2D eigenvalue weighted by Gasteiger charge is -2.15. The van der Waals surface area contributed by atoms with E-state index in [2.05, 4.69) is 10.2 Å². The van der Waals surface area contributed by atoms with Crippen molar-refractivity contribution in [1.82, 2.24) is 0 Å². The number of hydrogen-bond donors (Lipinski definition) is 6. The largest absolute Gasteiger partial charge is 0.505 e. The van der Waals surface area contributed by atoms with Gasteiger partial charge in [0.2, 0.25) is 5.91 Å². The van der Waals surface area contributed by atoms with Crippen molar-refractivity contribution in [2.24, 2.45) is 10.2 Å². The average Bonchev–Trinajstić information content (AvgIpc) is 2.75. The van der Waals surface area contributed by atoms with Crippen LogP contribution in [0.25, 0.3) is 10.8 Å². The van der Waals surface area contributed by atoms with E-state index in [4.69, 9.17) is 14.5 Å². The molecule has 0 aromatic heterocycles. The van der Waals surface area contributed by atoms with E-state index in [1.54, 1.807) is 0 Å². The fourth-order valence-electron chi connectivity index (χ4n) is 3.13. The lowest BCUT2D eigenvalue weighted by atomic mass is 10.1. The number of carbonyl (C=O) groups excluding carboxylic acids is 1. The molecular formula is C19H18N3O12PS2. The molecule has 198 valence electrons. The van der Waals surface area contributed by atoms with E-state index >= 15 is 0 Å². The molecule has 0 spiro atoms. The molecule has 1 amide bonds. The number of fused-ring (bicyclic) bond motifs is 1. The summed E-state index contributed by atoms with van der Waals surface area (Å²) in [7, 11) is -13.5. The number of nitrogens with zero attached hydrogens (tertiary/aromatic N) is 2. The van der Waals surface area contributed by atoms with Crippen molar-refractivity contribution >= 4 is 61.6 Å². The van der Waals surface area contributed by atoms with Crippen LogP contribution in [0.3, 0.4) is 0 Å². The third-order valence-corrected chi connectivity index (χ3v) is 7.06. The summed E-state index contributed by atoms with van der Waals surface area (Å²) in [4.78, 5) is 28.3. The molecule has 3 aromatic carbocycles. The van der Waals surface area contributed by atoms with Crippen LogP contribution in [0.4, 0.5) is 17.1 Å². The number of methoxy groups -OCH3 is 1. The van der Waals surface area contributed by atoms with Crippen LogP contribution in [0.2, 0.25) is 0 Å². The number of azo groups is 1. The van der Waals surface area contributed by atoms with Gasteiger partial charge >= 0.3 is 7.60 Å². The van der Waals surface area contributed by atoms with Gasteiger partial charge in [0.05, 0.1) is 23.4 Å². The van der Waals surface area contributed by atoms with Gasteiger partial charge in [0.25, 0.3) is 20.2 Å². The minimum absolute atomic E-state index is 0.165. The quantitative estimate of drug-likeness (QED) is 0.129. The van der Waals surface area contributed by atoms with Gasteiger partial charge in [-0.25, -0.2) is 0 Å². The number of nitrogens with one attached hydrogen (secondary N) is 1. The summed E-state index contributed by atoms with van der Waals surface area (Å²) < 4.78 is 82.9. The van der Waals surface area contributed by atoms with E-state index in [9.17, 15) is 40.4 Å². The molecule has 0 fully saturated rings. The predicted octanol–water partition coefficient (Wildman–Crippen LogP) is 2.58. The second-order valence-corrected chi connectivity index (χ2v) is 11.8. The third-order valence-electron chi connectivity index (χ3n) is 4.66. The van der Waals surface area contributed by atoms with Crippen LogP contribution >= 0.6 is 7.60 Å². The number of amides is 1. The van der Waals surface area contributed by atoms with Crippen molar-refractivity contribution in [1.29, 1.82) is 0 Å². The zero-order valence-corrected chi connectivity index (χ0v) is 21.0. The van der Waals surface area contributed by atoms with Crippen LogP contribution in [-0.4, -0.2) is 60.0 Å². The molecule has 37 heavy (non-hydrogen) atoms. The van der Waals surface area contributed by atoms with Crippen LogP contribution in [0.1, 0.15) is 0 Å². The van der Waals surface area contributed by atoms with Crippen molar-refractivity contribution in [3.05, 3.63) is 42.5 Å². The highest BCUT2D eigenvalue weighted by molar-refractivity contribution is 7.86. The Bertz CT molecular complexity index is 1680. The van der Waals surface area contributed by atoms with Gasteiger partial charge in [-0.2, -0.15) is 21.9 Å². The molecule has 0 saturated carbocycles. The number of ether oxygens (including phenoxy) is 1. The van der Waals surface area contributed by atoms with Crippen LogP contribution in [-0.2, 0) is 29.6 Å². The number of anilines is 1. The topological polar surface area (TPSA) is 250 Å². The number of phenols is 1. The summed E-state index contributed by atoms with van der Waals surface area (Å²) in [6, 6.07) is 7.95. The average molecular weight is 575 g/mol. The number of rotatable bonds is 8. The van der Waals surface area contributed by atoms with Crippen LogP contribution < -0.4 is 10.1 Å². The molecule has 0 atom stereocenters. The summed E-state index contributed by atoms with van der Waals surface area (Å²) >= 11 is 0. The molecular weight excluding hydrogens is 557 g/mol. The Morgan fingerprint density at radius 1 is 1.00 bits per heavy atom. The Hall–Kier alpha value is -3.44. The fourth-order valence-corrected chi connectivity index (χ4v) is 4.79. The SMILES string of the molecule is COc1ccc(N=Nc2c(S(=O)(=O)O)cc3cc(S(=O)(=O)O)cc(NC(=O)CP(=O)(O)O)c3c2O)cc1. The summed E-state index contributed by atoms with van der Waals surface area (Å²) in [6.45, 7) is 0. The van der Waals surface area contributed by atoms with Gasteiger partial charge in [0.15, 0.2) is 5.75 Å². The first kappa shape index (κ1) is 28.1. The van der Waals surface area contributed by atoms with E-state index in [1.165, 1.54) is 31.4 Å². The monoisotopic (exact) mass is 575 g/mol. The smallest absolute Gasteiger partial charge is 0.334 e.